The Bertz CT molecular complexity index is 793. The Balaban J connectivity index is 1.77. The molecule has 7 nitrogen and oxygen atoms in total. The molecule has 2 aromatic rings. The van der Waals surface area contributed by atoms with Crippen molar-refractivity contribution in [2.75, 3.05) is 37.9 Å². The third-order valence-electron chi connectivity index (χ3n) is 3.82. The van der Waals surface area contributed by atoms with Crippen LogP contribution in [0, 0.1) is 0 Å². The van der Waals surface area contributed by atoms with Gasteiger partial charge in [0.15, 0.2) is 11.5 Å². The molecule has 0 atom stereocenters. The Hall–Kier alpha value is -3.22. The highest BCUT2D eigenvalue weighted by atomic mass is 16.5. The van der Waals surface area contributed by atoms with Crippen LogP contribution in [0.4, 0.5) is 11.4 Å². The van der Waals surface area contributed by atoms with Crippen LogP contribution in [0.15, 0.2) is 42.5 Å². The molecule has 0 aromatic heterocycles. The van der Waals surface area contributed by atoms with Crippen molar-refractivity contribution in [1.82, 2.24) is 5.32 Å². The van der Waals surface area contributed by atoms with E-state index in [2.05, 4.69) is 16.0 Å². The Labute approximate surface area is 159 Å². The molecular weight excluding hydrogens is 346 g/mol. The zero-order valence-corrected chi connectivity index (χ0v) is 15.8. The molecular formula is C20H25N3O4. The van der Waals surface area contributed by atoms with E-state index < -0.39 is 0 Å². The highest BCUT2D eigenvalue weighted by Gasteiger charge is 2.06. The van der Waals surface area contributed by atoms with Gasteiger partial charge >= 0.3 is 0 Å². The summed E-state index contributed by atoms with van der Waals surface area (Å²) in [5, 5.41) is 8.62. The summed E-state index contributed by atoms with van der Waals surface area (Å²) in [6.07, 6.45) is 0.685. The van der Waals surface area contributed by atoms with E-state index in [1.54, 1.807) is 26.4 Å². The molecule has 0 fully saturated rings. The van der Waals surface area contributed by atoms with Crippen LogP contribution < -0.4 is 25.4 Å². The topological polar surface area (TPSA) is 88.7 Å². The third-order valence-corrected chi connectivity index (χ3v) is 3.82. The molecule has 0 radical (unpaired) electrons. The number of hydrogen-bond acceptors (Lipinski definition) is 5. The van der Waals surface area contributed by atoms with Gasteiger partial charge in [-0.3, -0.25) is 9.59 Å². The second-order valence-corrected chi connectivity index (χ2v) is 5.90. The van der Waals surface area contributed by atoms with Crippen molar-refractivity contribution in [3.63, 3.8) is 0 Å². The number of nitrogens with one attached hydrogen (secondary N) is 3. The first-order valence-electron chi connectivity index (χ1n) is 8.61. The quantitative estimate of drug-likeness (QED) is 0.630. The van der Waals surface area contributed by atoms with E-state index in [1.807, 2.05) is 30.3 Å². The fourth-order valence-electron chi connectivity index (χ4n) is 2.54. The summed E-state index contributed by atoms with van der Waals surface area (Å²) < 4.78 is 10.5. The first-order chi connectivity index (χ1) is 13.0. The van der Waals surface area contributed by atoms with Crippen LogP contribution in [0.3, 0.4) is 0 Å². The molecule has 0 saturated heterocycles. The van der Waals surface area contributed by atoms with Gasteiger partial charge < -0.3 is 25.4 Å². The lowest BCUT2D eigenvalue weighted by Gasteiger charge is -2.11. The van der Waals surface area contributed by atoms with Crippen molar-refractivity contribution in [3.05, 3.63) is 48.0 Å². The summed E-state index contributed by atoms with van der Waals surface area (Å²) in [6.45, 7) is 2.11. The van der Waals surface area contributed by atoms with Crippen LogP contribution >= 0.6 is 0 Å². The average molecular weight is 371 g/mol. The minimum atomic E-state index is -0.139. The minimum absolute atomic E-state index is 0.111. The first kappa shape index (κ1) is 20.1. The Morgan fingerprint density at radius 3 is 2.41 bits per heavy atom. The zero-order valence-electron chi connectivity index (χ0n) is 15.8. The van der Waals surface area contributed by atoms with Gasteiger partial charge in [0.1, 0.15) is 0 Å². The van der Waals surface area contributed by atoms with Crippen molar-refractivity contribution in [2.45, 2.75) is 13.3 Å². The summed E-state index contributed by atoms with van der Waals surface area (Å²) in [5.41, 5.74) is 2.49. The van der Waals surface area contributed by atoms with Crippen molar-refractivity contribution >= 4 is 23.2 Å². The van der Waals surface area contributed by atoms with E-state index in [4.69, 9.17) is 9.47 Å². The van der Waals surface area contributed by atoms with Crippen molar-refractivity contribution in [2.24, 2.45) is 0 Å². The highest BCUT2D eigenvalue weighted by molar-refractivity contribution is 5.89. The summed E-state index contributed by atoms with van der Waals surface area (Å²) in [6, 6.07) is 12.9. The molecule has 144 valence electrons. The summed E-state index contributed by atoms with van der Waals surface area (Å²) in [5.74, 6) is 1.10. The largest absolute Gasteiger partial charge is 0.493 e. The molecule has 0 aliphatic carbocycles. The molecule has 0 bridgehead atoms. The minimum Gasteiger partial charge on any atom is -0.493 e. The predicted octanol–water partition coefficient (Wildman–Crippen LogP) is 2.43. The van der Waals surface area contributed by atoms with Gasteiger partial charge in [0.05, 0.1) is 20.8 Å². The Morgan fingerprint density at radius 1 is 0.963 bits per heavy atom. The average Bonchev–Trinajstić information content (AvgIpc) is 2.66. The molecule has 0 unspecified atom stereocenters. The van der Waals surface area contributed by atoms with Crippen LogP contribution in [-0.2, 0) is 16.0 Å². The number of benzene rings is 2. The molecule has 3 N–H and O–H groups in total. The smallest absolute Gasteiger partial charge is 0.239 e. The zero-order chi connectivity index (χ0) is 19.6. The van der Waals surface area contributed by atoms with Crippen molar-refractivity contribution in [1.29, 1.82) is 0 Å². The van der Waals surface area contributed by atoms with E-state index in [1.165, 1.54) is 6.92 Å². The second kappa shape index (κ2) is 10.1. The third kappa shape index (κ3) is 6.54. The van der Waals surface area contributed by atoms with E-state index in [0.29, 0.717) is 30.2 Å². The van der Waals surface area contributed by atoms with Gasteiger partial charge in [-0.1, -0.05) is 12.1 Å². The first-order valence-corrected chi connectivity index (χ1v) is 8.61. The van der Waals surface area contributed by atoms with Gasteiger partial charge in [-0.15, -0.1) is 0 Å². The Kier molecular flexibility index (Phi) is 7.49. The predicted molar refractivity (Wildman–Crippen MR) is 105 cm³/mol. The molecule has 2 amide bonds. The summed E-state index contributed by atoms with van der Waals surface area (Å²) >= 11 is 0. The molecule has 2 rings (SSSR count). The van der Waals surface area contributed by atoms with Gasteiger partial charge in [-0.2, -0.15) is 0 Å². The fraction of sp³-hybridized carbons (Fsp3) is 0.300. The van der Waals surface area contributed by atoms with Gasteiger partial charge in [0.2, 0.25) is 11.8 Å². The standard InChI is InChI=1S/C20H25N3O4/c1-14(24)23-17-6-4-5-16(12-17)22-13-20(25)21-10-9-15-7-8-18(26-2)19(11-15)27-3/h4-8,11-12,22H,9-10,13H2,1-3H3,(H,21,25)(H,23,24). The monoisotopic (exact) mass is 371 g/mol. The van der Waals surface area contributed by atoms with E-state index in [0.717, 1.165) is 11.3 Å². The maximum Gasteiger partial charge on any atom is 0.239 e. The summed E-state index contributed by atoms with van der Waals surface area (Å²) in [4.78, 5) is 23.1. The number of amides is 2. The molecule has 7 heteroatoms. The van der Waals surface area contributed by atoms with Gasteiger partial charge in [0.25, 0.3) is 0 Å². The fourth-order valence-corrected chi connectivity index (χ4v) is 2.54. The van der Waals surface area contributed by atoms with E-state index in [9.17, 15) is 9.59 Å². The molecule has 0 aliphatic rings. The van der Waals surface area contributed by atoms with Crippen LogP contribution in [0.2, 0.25) is 0 Å². The SMILES string of the molecule is COc1ccc(CCNC(=O)CNc2cccc(NC(C)=O)c2)cc1OC. The molecule has 27 heavy (non-hydrogen) atoms. The van der Waals surface area contributed by atoms with E-state index in [-0.39, 0.29) is 18.4 Å². The normalized spacial score (nSPS) is 10.0. The van der Waals surface area contributed by atoms with Crippen LogP contribution in [0.1, 0.15) is 12.5 Å². The van der Waals surface area contributed by atoms with Gasteiger partial charge in [0, 0.05) is 24.8 Å². The number of carbonyl (C=O) groups is 2. The van der Waals surface area contributed by atoms with E-state index >= 15 is 0 Å². The molecule has 0 saturated carbocycles. The number of methoxy groups -OCH3 is 2. The van der Waals surface area contributed by atoms with Crippen LogP contribution in [0.5, 0.6) is 11.5 Å². The summed E-state index contributed by atoms with van der Waals surface area (Å²) in [7, 11) is 3.19. The molecule has 0 spiro atoms. The highest BCUT2D eigenvalue weighted by Crippen LogP contribution is 2.27. The number of carbonyl (C=O) groups excluding carboxylic acids is 2. The lowest BCUT2D eigenvalue weighted by atomic mass is 10.1. The van der Waals surface area contributed by atoms with Crippen LogP contribution in [0.25, 0.3) is 0 Å². The lowest BCUT2D eigenvalue weighted by molar-refractivity contribution is -0.119. The van der Waals surface area contributed by atoms with Crippen molar-refractivity contribution < 1.29 is 19.1 Å². The Morgan fingerprint density at radius 2 is 1.70 bits per heavy atom. The maximum atomic E-state index is 12.0. The number of hydrogen-bond donors (Lipinski definition) is 3. The van der Waals surface area contributed by atoms with Gasteiger partial charge in [-0.25, -0.2) is 0 Å². The second-order valence-electron chi connectivity index (χ2n) is 5.90. The number of ether oxygens (including phenoxy) is 2. The number of anilines is 2. The molecule has 2 aromatic carbocycles. The molecule has 0 aliphatic heterocycles. The van der Waals surface area contributed by atoms with Gasteiger partial charge in [-0.05, 0) is 42.3 Å². The molecule has 0 heterocycles. The van der Waals surface area contributed by atoms with Crippen LogP contribution in [-0.4, -0.2) is 39.1 Å². The number of rotatable bonds is 9. The maximum absolute atomic E-state index is 12.0. The lowest BCUT2D eigenvalue weighted by Crippen LogP contribution is -2.31. The van der Waals surface area contributed by atoms with Crippen molar-refractivity contribution in [3.8, 4) is 11.5 Å².